The smallest absolute Gasteiger partial charge is 0.375 e. The van der Waals surface area contributed by atoms with Crippen LogP contribution in [-0.2, 0) is 30.3 Å². The number of esters is 2. The number of carbonyl (C=O) groups is 3. The number of rotatable bonds is 8. The Morgan fingerprint density at radius 2 is 1.78 bits per heavy atom. The van der Waals surface area contributed by atoms with Crippen molar-refractivity contribution in [2.75, 3.05) is 20.3 Å². The van der Waals surface area contributed by atoms with Crippen LogP contribution < -0.4 is 4.74 Å². The van der Waals surface area contributed by atoms with Crippen LogP contribution in [0.25, 0.3) is 0 Å². The lowest BCUT2D eigenvalue weighted by Gasteiger charge is -2.15. The molecule has 0 bridgehead atoms. The molecule has 0 amide bonds. The van der Waals surface area contributed by atoms with Gasteiger partial charge in [-0.25, -0.2) is 4.79 Å². The van der Waals surface area contributed by atoms with Gasteiger partial charge in [-0.3, -0.25) is 9.59 Å². The van der Waals surface area contributed by atoms with E-state index in [9.17, 15) is 14.4 Å². The monoisotopic (exact) mass is 386 g/mol. The zero-order valence-electron chi connectivity index (χ0n) is 13.3. The molecule has 0 aliphatic heterocycles. The average molecular weight is 387 g/mol. The standard InChI is InChI=1S/C16H19BrO6/c1-4-22-15(19)12(14(18)16(20)23-5-2)9-10-8-11(21-3)6-7-13(10)17/h6-8,12H,4-5,9H2,1-3H3. The van der Waals surface area contributed by atoms with Gasteiger partial charge < -0.3 is 14.2 Å². The fourth-order valence-corrected chi connectivity index (χ4v) is 2.33. The number of carbonyl (C=O) groups excluding carboxylic acids is 3. The van der Waals surface area contributed by atoms with Crippen LogP contribution in [0.2, 0.25) is 0 Å². The van der Waals surface area contributed by atoms with Crippen LogP contribution in [0.5, 0.6) is 5.75 Å². The highest BCUT2D eigenvalue weighted by Crippen LogP contribution is 2.26. The summed E-state index contributed by atoms with van der Waals surface area (Å²) >= 11 is 3.36. The third-order valence-electron chi connectivity index (χ3n) is 3.04. The van der Waals surface area contributed by atoms with Crippen LogP contribution in [0.4, 0.5) is 0 Å². The normalized spacial score (nSPS) is 11.5. The lowest BCUT2D eigenvalue weighted by Crippen LogP contribution is -2.34. The SMILES string of the molecule is CCOC(=O)C(=O)C(Cc1cc(OC)ccc1Br)C(=O)OCC. The van der Waals surface area contributed by atoms with Crippen molar-refractivity contribution in [2.24, 2.45) is 5.92 Å². The molecular formula is C16H19BrO6. The Labute approximate surface area is 143 Å². The molecule has 0 saturated heterocycles. The van der Waals surface area contributed by atoms with Crippen molar-refractivity contribution in [3.05, 3.63) is 28.2 Å². The lowest BCUT2D eigenvalue weighted by atomic mass is 9.95. The molecule has 1 aromatic rings. The lowest BCUT2D eigenvalue weighted by molar-refractivity contribution is -0.162. The maximum Gasteiger partial charge on any atom is 0.375 e. The van der Waals surface area contributed by atoms with E-state index in [1.807, 2.05) is 0 Å². The van der Waals surface area contributed by atoms with Crippen LogP contribution in [0.3, 0.4) is 0 Å². The second kappa shape index (κ2) is 9.29. The van der Waals surface area contributed by atoms with E-state index in [1.54, 1.807) is 32.0 Å². The summed E-state index contributed by atoms with van der Waals surface area (Å²) in [5, 5.41) is 0. The topological polar surface area (TPSA) is 78.9 Å². The molecule has 0 saturated carbocycles. The second-order valence-corrected chi connectivity index (χ2v) is 5.41. The van der Waals surface area contributed by atoms with E-state index < -0.39 is 23.6 Å². The molecule has 0 heterocycles. The second-order valence-electron chi connectivity index (χ2n) is 4.55. The van der Waals surface area contributed by atoms with Crippen LogP contribution in [-0.4, -0.2) is 38.0 Å². The van der Waals surface area contributed by atoms with E-state index in [0.29, 0.717) is 15.8 Å². The van der Waals surface area contributed by atoms with Crippen LogP contribution in [0.1, 0.15) is 19.4 Å². The molecule has 1 atom stereocenters. The molecule has 1 rings (SSSR count). The third-order valence-corrected chi connectivity index (χ3v) is 3.81. The van der Waals surface area contributed by atoms with Crippen molar-refractivity contribution < 1.29 is 28.6 Å². The molecule has 0 aliphatic carbocycles. The number of hydrogen-bond donors (Lipinski definition) is 0. The highest BCUT2D eigenvalue weighted by atomic mass is 79.9. The van der Waals surface area contributed by atoms with Gasteiger partial charge in [0.25, 0.3) is 5.78 Å². The van der Waals surface area contributed by atoms with Crippen LogP contribution >= 0.6 is 15.9 Å². The molecule has 6 nitrogen and oxygen atoms in total. The van der Waals surface area contributed by atoms with E-state index in [2.05, 4.69) is 15.9 Å². The number of Topliss-reactive ketones (excluding diaryl/α,β-unsaturated/α-hetero) is 1. The largest absolute Gasteiger partial charge is 0.497 e. The van der Waals surface area contributed by atoms with Gasteiger partial charge in [0, 0.05) is 4.47 Å². The Kier molecular flexibility index (Phi) is 7.74. The molecule has 1 unspecified atom stereocenters. The molecule has 1 aromatic carbocycles. The van der Waals surface area contributed by atoms with Crippen molar-refractivity contribution in [1.82, 2.24) is 0 Å². The van der Waals surface area contributed by atoms with Crippen molar-refractivity contribution >= 4 is 33.7 Å². The minimum absolute atomic E-state index is 0.00820. The van der Waals surface area contributed by atoms with E-state index >= 15 is 0 Å². The minimum Gasteiger partial charge on any atom is -0.497 e. The van der Waals surface area contributed by atoms with Gasteiger partial charge in [-0.1, -0.05) is 15.9 Å². The highest BCUT2D eigenvalue weighted by molar-refractivity contribution is 9.10. The predicted molar refractivity (Wildman–Crippen MR) is 86.2 cm³/mol. The number of hydrogen-bond acceptors (Lipinski definition) is 6. The molecule has 0 fully saturated rings. The van der Waals surface area contributed by atoms with Gasteiger partial charge in [0.1, 0.15) is 11.7 Å². The summed E-state index contributed by atoms with van der Waals surface area (Å²) in [6, 6.07) is 5.17. The number of ketones is 1. The summed E-state index contributed by atoms with van der Waals surface area (Å²) in [5.41, 5.74) is 0.653. The average Bonchev–Trinajstić information content (AvgIpc) is 2.53. The molecule has 0 aromatic heterocycles. The summed E-state index contributed by atoms with van der Waals surface area (Å²) in [5.74, 6) is -3.38. The van der Waals surface area contributed by atoms with E-state index in [4.69, 9.17) is 14.2 Å². The summed E-state index contributed by atoms with van der Waals surface area (Å²) in [6.45, 7) is 3.39. The quantitative estimate of drug-likeness (QED) is 0.387. The summed E-state index contributed by atoms with van der Waals surface area (Å²) < 4.78 is 15.4. The van der Waals surface area contributed by atoms with E-state index in [1.165, 1.54) is 7.11 Å². The first kappa shape index (κ1) is 19.2. The van der Waals surface area contributed by atoms with Gasteiger partial charge in [-0.05, 0) is 44.0 Å². The minimum atomic E-state index is -1.25. The number of benzene rings is 1. The molecule has 23 heavy (non-hydrogen) atoms. The first-order chi connectivity index (χ1) is 10.9. The molecule has 7 heteroatoms. The van der Waals surface area contributed by atoms with Gasteiger partial charge in [-0.2, -0.15) is 0 Å². The third kappa shape index (κ3) is 5.35. The maximum absolute atomic E-state index is 12.2. The van der Waals surface area contributed by atoms with Crippen molar-refractivity contribution in [3.63, 3.8) is 0 Å². The molecule has 126 valence electrons. The number of ether oxygens (including phenoxy) is 3. The predicted octanol–water partition coefficient (Wildman–Crippen LogP) is 2.31. The van der Waals surface area contributed by atoms with Gasteiger partial charge in [0.15, 0.2) is 0 Å². The van der Waals surface area contributed by atoms with Crippen molar-refractivity contribution in [3.8, 4) is 5.75 Å². The molecule has 0 N–H and O–H groups in total. The summed E-state index contributed by atoms with van der Waals surface area (Å²) in [6.07, 6.45) is 0.00820. The molecular weight excluding hydrogens is 368 g/mol. The van der Waals surface area contributed by atoms with Crippen molar-refractivity contribution in [2.45, 2.75) is 20.3 Å². The van der Waals surface area contributed by atoms with Gasteiger partial charge in [-0.15, -0.1) is 0 Å². The summed E-state index contributed by atoms with van der Waals surface area (Å²) in [4.78, 5) is 35.9. The highest BCUT2D eigenvalue weighted by Gasteiger charge is 2.34. The number of methoxy groups -OCH3 is 1. The Bertz CT molecular complexity index is 584. The zero-order valence-corrected chi connectivity index (χ0v) is 14.8. The van der Waals surface area contributed by atoms with Crippen molar-refractivity contribution in [1.29, 1.82) is 0 Å². The summed E-state index contributed by atoms with van der Waals surface area (Å²) in [7, 11) is 1.51. The molecule has 0 spiro atoms. The Morgan fingerprint density at radius 3 is 2.35 bits per heavy atom. The van der Waals surface area contributed by atoms with Gasteiger partial charge in [0.05, 0.1) is 20.3 Å². The van der Waals surface area contributed by atoms with E-state index in [-0.39, 0.29) is 19.6 Å². The fourth-order valence-electron chi connectivity index (χ4n) is 1.92. The van der Waals surface area contributed by atoms with Crippen LogP contribution in [0.15, 0.2) is 22.7 Å². The Morgan fingerprint density at radius 1 is 1.13 bits per heavy atom. The zero-order chi connectivity index (χ0) is 17.4. The Balaban J connectivity index is 3.08. The van der Waals surface area contributed by atoms with Gasteiger partial charge >= 0.3 is 11.9 Å². The van der Waals surface area contributed by atoms with E-state index in [0.717, 1.165) is 0 Å². The Hall–Kier alpha value is -1.89. The maximum atomic E-state index is 12.2. The first-order valence-electron chi connectivity index (χ1n) is 7.14. The molecule has 0 radical (unpaired) electrons. The number of halogens is 1. The van der Waals surface area contributed by atoms with Crippen LogP contribution in [0, 0.1) is 5.92 Å². The molecule has 0 aliphatic rings. The first-order valence-corrected chi connectivity index (χ1v) is 7.93. The van der Waals surface area contributed by atoms with Gasteiger partial charge in [0.2, 0.25) is 0 Å². The fraction of sp³-hybridized carbons (Fsp3) is 0.438.